The zero-order valence-corrected chi connectivity index (χ0v) is 18.7. The largest absolute Gasteiger partial charge is 0.444 e. The SMILES string of the molecule is CC.Cc1ncn2ccc(-c3noc(C4CCN(C(=O)OC(C)(C)C)CC4)n3)cc12. The number of carbonyl (C=O) groups is 1. The van der Waals surface area contributed by atoms with Crippen LogP contribution < -0.4 is 0 Å². The Morgan fingerprint density at radius 2 is 1.93 bits per heavy atom. The van der Waals surface area contributed by atoms with Gasteiger partial charge in [0.05, 0.1) is 17.5 Å². The molecule has 0 spiro atoms. The van der Waals surface area contributed by atoms with E-state index in [0.29, 0.717) is 24.8 Å². The van der Waals surface area contributed by atoms with Gasteiger partial charge in [0, 0.05) is 30.8 Å². The van der Waals surface area contributed by atoms with E-state index in [-0.39, 0.29) is 12.0 Å². The van der Waals surface area contributed by atoms with Crippen molar-refractivity contribution < 1.29 is 14.1 Å². The smallest absolute Gasteiger partial charge is 0.410 e. The van der Waals surface area contributed by atoms with Gasteiger partial charge in [0.1, 0.15) is 5.60 Å². The molecule has 0 aromatic carbocycles. The lowest BCUT2D eigenvalue weighted by Crippen LogP contribution is -2.41. The average molecular weight is 414 g/mol. The van der Waals surface area contributed by atoms with E-state index in [2.05, 4.69) is 15.1 Å². The van der Waals surface area contributed by atoms with Crippen LogP contribution in [0.5, 0.6) is 0 Å². The fourth-order valence-corrected chi connectivity index (χ4v) is 3.41. The summed E-state index contributed by atoms with van der Waals surface area (Å²) >= 11 is 0. The molecule has 1 fully saturated rings. The Kier molecular flexibility index (Phi) is 6.43. The number of hydrogen-bond acceptors (Lipinski definition) is 6. The third kappa shape index (κ3) is 4.80. The van der Waals surface area contributed by atoms with Crippen LogP contribution in [-0.4, -0.2) is 49.2 Å². The lowest BCUT2D eigenvalue weighted by Gasteiger charge is -2.32. The molecule has 1 aliphatic rings. The zero-order valence-electron chi connectivity index (χ0n) is 18.7. The lowest BCUT2D eigenvalue weighted by molar-refractivity contribution is 0.0198. The highest BCUT2D eigenvalue weighted by Gasteiger charge is 2.30. The lowest BCUT2D eigenvalue weighted by atomic mass is 9.97. The number of aromatic nitrogens is 4. The van der Waals surface area contributed by atoms with Crippen molar-refractivity contribution in [3.05, 3.63) is 36.2 Å². The number of likely N-dealkylation sites (tertiary alicyclic amines) is 1. The van der Waals surface area contributed by atoms with Crippen LogP contribution in [0.3, 0.4) is 0 Å². The maximum atomic E-state index is 12.2. The van der Waals surface area contributed by atoms with E-state index in [1.54, 1.807) is 11.2 Å². The van der Waals surface area contributed by atoms with Crippen LogP contribution in [0.4, 0.5) is 4.79 Å². The van der Waals surface area contributed by atoms with Crippen molar-refractivity contribution in [1.29, 1.82) is 0 Å². The Balaban J connectivity index is 0.00000124. The maximum Gasteiger partial charge on any atom is 0.410 e. The molecule has 0 aliphatic carbocycles. The monoisotopic (exact) mass is 413 g/mol. The predicted octanol–water partition coefficient (Wildman–Crippen LogP) is 4.83. The van der Waals surface area contributed by atoms with E-state index < -0.39 is 5.60 Å². The average Bonchev–Trinajstić information content (AvgIpc) is 3.36. The molecule has 0 radical (unpaired) electrons. The Bertz CT molecular complexity index is 994. The van der Waals surface area contributed by atoms with Crippen LogP contribution in [0.1, 0.15) is 65.0 Å². The molecule has 3 aromatic heterocycles. The number of rotatable bonds is 2. The summed E-state index contributed by atoms with van der Waals surface area (Å²) in [5.74, 6) is 1.36. The molecule has 0 bridgehead atoms. The first-order valence-corrected chi connectivity index (χ1v) is 10.6. The molecule has 162 valence electrons. The van der Waals surface area contributed by atoms with Crippen molar-refractivity contribution in [2.75, 3.05) is 13.1 Å². The number of piperidine rings is 1. The van der Waals surface area contributed by atoms with E-state index in [1.165, 1.54) is 0 Å². The van der Waals surface area contributed by atoms with Crippen molar-refractivity contribution in [2.45, 2.75) is 65.9 Å². The van der Waals surface area contributed by atoms with Crippen molar-refractivity contribution in [1.82, 2.24) is 24.4 Å². The van der Waals surface area contributed by atoms with Gasteiger partial charge in [-0.1, -0.05) is 19.0 Å². The molecule has 1 aliphatic heterocycles. The highest BCUT2D eigenvalue weighted by Crippen LogP contribution is 2.29. The number of imidazole rings is 1. The summed E-state index contributed by atoms with van der Waals surface area (Å²) in [6.45, 7) is 12.8. The molecule has 0 atom stereocenters. The second-order valence-corrected chi connectivity index (χ2v) is 8.24. The summed E-state index contributed by atoms with van der Waals surface area (Å²) in [6, 6.07) is 3.97. The van der Waals surface area contributed by atoms with Gasteiger partial charge in [-0.25, -0.2) is 9.78 Å². The van der Waals surface area contributed by atoms with Gasteiger partial charge in [-0.15, -0.1) is 0 Å². The summed E-state index contributed by atoms with van der Waals surface area (Å²) in [6.07, 6.45) is 5.03. The van der Waals surface area contributed by atoms with Gasteiger partial charge in [-0.2, -0.15) is 4.98 Å². The molecule has 0 unspecified atom stereocenters. The second kappa shape index (κ2) is 8.85. The number of carbonyl (C=O) groups excluding carboxylic acids is 1. The molecule has 1 saturated heterocycles. The fourth-order valence-electron chi connectivity index (χ4n) is 3.41. The number of aryl methyl sites for hydroxylation is 1. The molecule has 0 saturated carbocycles. The Labute approximate surface area is 177 Å². The van der Waals surface area contributed by atoms with Gasteiger partial charge in [0.15, 0.2) is 0 Å². The van der Waals surface area contributed by atoms with Crippen molar-refractivity contribution in [3.63, 3.8) is 0 Å². The molecule has 30 heavy (non-hydrogen) atoms. The summed E-state index contributed by atoms with van der Waals surface area (Å²) in [4.78, 5) is 22.9. The van der Waals surface area contributed by atoms with E-state index in [9.17, 15) is 4.79 Å². The van der Waals surface area contributed by atoms with Gasteiger partial charge in [-0.3, -0.25) is 0 Å². The first-order chi connectivity index (χ1) is 14.3. The summed E-state index contributed by atoms with van der Waals surface area (Å²) in [5, 5.41) is 4.16. The van der Waals surface area contributed by atoms with Gasteiger partial charge in [0.25, 0.3) is 0 Å². The van der Waals surface area contributed by atoms with Gasteiger partial charge in [-0.05, 0) is 52.7 Å². The summed E-state index contributed by atoms with van der Waals surface area (Å²) in [7, 11) is 0. The van der Waals surface area contributed by atoms with Crippen LogP contribution >= 0.6 is 0 Å². The Morgan fingerprint density at radius 3 is 2.60 bits per heavy atom. The molecule has 1 amide bonds. The van der Waals surface area contributed by atoms with Crippen molar-refractivity contribution in [2.24, 2.45) is 0 Å². The van der Waals surface area contributed by atoms with Crippen molar-refractivity contribution in [3.8, 4) is 11.4 Å². The zero-order chi connectivity index (χ0) is 21.9. The Morgan fingerprint density at radius 1 is 1.23 bits per heavy atom. The van der Waals surface area contributed by atoms with Crippen LogP contribution in [0.2, 0.25) is 0 Å². The van der Waals surface area contributed by atoms with Gasteiger partial charge >= 0.3 is 6.09 Å². The Hall–Kier alpha value is -2.90. The third-order valence-electron chi connectivity index (χ3n) is 4.93. The molecule has 4 rings (SSSR count). The number of nitrogens with zero attached hydrogens (tertiary/aromatic N) is 5. The standard InChI is InChI=1S/C20H25N5O3.C2H6/c1-13-16-11-15(7-10-25(16)12-21-13)17-22-18(28-23-17)14-5-8-24(9-6-14)19(26)27-20(2,3)4;1-2/h7,10-12,14H,5-6,8-9H2,1-4H3;1-2H3. The summed E-state index contributed by atoms with van der Waals surface area (Å²) < 4.78 is 13.0. The van der Waals surface area contributed by atoms with Crippen molar-refractivity contribution >= 4 is 11.6 Å². The molecule has 8 nitrogen and oxygen atoms in total. The molecule has 8 heteroatoms. The molecule has 4 heterocycles. The third-order valence-corrected chi connectivity index (χ3v) is 4.93. The highest BCUT2D eigenvalue weighted by atomic mass is 16.6. The molecule has 0 N–H and O–H groups in total. The number of hydrogen-bond donors (Lipinski definition) is 0. The fraction of sp³-hybridized carbons (Fsp3) is 0.545. The number of ether oxygens (including phenoxy) is 1. The quantitative estimate of drug-likeness (QED) is 0.598. The van der Waals surface area contributed by atoms with E-state index in [0.717, 1.165) is 29.6 Å². The van der Waals surface area contributed by atoms with Gasteiger partial charge < -0.3 is 18.6 Å². The van der Waals surface area contributed by atoms with Gasteiger partial charge in [0.2, 0.25) is 11.7 Å². The van der Waals surface area contributed by atoms with E-state index in [4.69, 9.17) is 9.26 Å². The second-order valence-electron chi connectivity index (χ2n) is 8.24. The number of pyridine rings is 1. The highest BCUT2D eigenvalue weighted by molar-refractivity contribution is 5.68. The van der Waals surface area contributed by atoms with Crippen LogP contribution in [0.15, 0.2) is 29.2 Å². The molecule has 3 aromatic rings. The number of amides is 1. The van der Waals surface area contributed by atoms with E-state index in [1.807, 2.05) is 64.3 Å². The number of fused-ring (bicyclic) bond motifs is 1. The van der Waals surface area contributed by atoms with Crippen LogP contribution in [0, 0.1) is 6.92 Å². The maximum absolute atomic E-state index is 12.2. The van der Waals surface area contributed by atoms with E-state index >= 15 is 0 Å². The minimum Gasteiger partial charge on any atom is -0.444 e. The topological polar surface area (TPSA) is 85.8 Å². The first kappa shape index (κ1) is 21.8. The minimum absolute atomic E-state index is 0.153. The van der Waals surface area contributed by atoms with Crippen LogP contribution in [-0.2, 0) is 4.74 Å². The first-order valence-electron chi connectivity index (χ1n) is 10.6. The predicted molar refractivity (Wildman–Crippen MR) is 114 cm³/mol. The summed E-state index contributed by atoms with van der Waals surface area (Å²) in [5.41, 5.74) is 2.40. The minimum atomic E-state index is -0.482. The molecular formula is C22H31N5O3. The van der Waals surface area contributed by atoms with Crippen LogP contribution in [0.25, 0.3) is 16.9 Å². The normalized spacial score (nSPS) is 15.1. The molecular weight excluding hydrogens is 382 g/mol.